The second-order valence-electron chi connectivity index (χ2n) is 5.83. The molecule has 1 unspecified atom stereocenters. The Labute approximate surface area is 113 Å². The first kappa shape index (κ1) is 12.6. The van der Waals surface area contributed by atoms with E-state index in [1.807, 2.05) is 25.1 Å². The van der Waals surface area contributed by atoms with Crippen molar-refractivity contribution in [3.8, 4) is 0 Å². The van der Waals surface area contributed by atoms with Crippen molar-refractivity contribution < 1.29 is 5.11 Å². The summed E-state index contributed by atoms with van der Waals surface area (Å²) in [5.41, 5.74) is 1.63. The Morgan fingerprint density at radius 2 is 2.16 bits per heavy atom. The third kappa shape index (κ3) is 2.96. The average molecular weight is 259 g/mol. The molecule has 4 nitrogen and oxygen atoms in total. The first-order valence-electron chi connectivity index (χ1n) is 7.01. The zero-order valence-electron chi connectivity index (χ0n) is 11.4. The van der Waals surface area contributed by atoms with Gasteiger partial charge in [0.05, 0.1) is 23.2 Å². The van der Waals surface area contributed by atoms with E-state index < -0.39 is 5.60 Å². The molecule has 0 aliphatic carbocycles. The van der Waals surface area contributed by atoms with Crippen LogP contribution in [0.4, 0.5) is 0 Å². The number of aromatic nitrogens is 2. The number of likely N-dealkylation sites (tertiary alicyclic amines) is 1. The number of nitrogens with zero attached hydrogens (tertiary/aromatic N) is 2. The molecule has 1 aliphatic heterocycles. The van der Waals surface area contributed by atoms with Crippen LogP contribution in [0.25, 0.3) is 11.0 Å². The Bertz CT molecular complexity index is 528. The van der Waals surface area contributed by atoms with E-state index in [0.717, 1.165) is 55.8 Å². The second-order valence-corrected chi connectivity index (χ2v) is 5.83. The number of aliphatic hydroxyl groups is 1. The average Bonchev–Trinajstić information content (AvgIpc) is 2.69. The SMILES string of the molecule is CC1(O)CCCN(Cc2nc3ccccc3[nH]2)CC1. The number of nitrogens with one attached hydrogen (secondary N) is 1. The summed E-state index contributed by atoms with van der Waals surface area (Å²) in [5, 5.41) is 10.1. The van der Waals surface area contributed by atoms with E-state index in [4.69, 9.17) is 0 Å². The largest absolute Gasteiger partial charge is 0.390 e. The summed E-state index contributed by atoms with van der Waals surface area (Å²) in [7, 11) is 0. The van der Waals surface area contributed by atoms with Crippen molar-refractivity contribution in [2.45, 2.75) is 38.3 Å². The molecule has 2 N–H and O–H groups in total. The molecule has 2 heterocycles. The Hall–Kier alpha value is -1.39. The number of benzene rings is 1. The van der Waals surface area contributed by atoms with Crippen LogP contribution in [0, 0.1) is 0 Å². The fourth-order valence-electron chi connectivity index (χ4n) is 2.77. The lowest BCUT2D eigenvalue weighted by Crippen LogP contribution is -2.28. The third-order valence-electron chi connectivity index (χ3n) is 3.97. The molecule has 1 fully saturated rings. The van der Waals surface area contributed by atoms with Crippen molar-refractivity contribution in [2.24, 2.45) is 0 Å². The van der Waals surface area contributed by atoms with E-state index in [2.05, 4.69) is 20.9 Å². The lowest BCUT2D eigenvalue weighted by atomic mass is 9.98. The van der Waals surface area contributed by atoms with Gasteiger partial charge in [-0.1, -0.05) is 12.1 Å². The molecular formula is C15H21N3O. The van der Waals surface area contributed by atoms with Gasteiger partial charge in [-0.15, -0.1) is 0 Å². The summed E-state index contributed by atoms with van der Waals surface area (Å²) in [6, 6.07) is 8.12. The van der Waals surface area contributed by atoms with Gasteiger partial charge in [0.2, 0.25) is 0 Å². The van der Waals surface area contributed by atoms with Gasteiger partial charge in [0, 0.05) is 6.54 Å². The molecule has 1 atom stereocenters. The van der Waals surface area contributed by atoms with Crippen LogP contribution in [0.5, 0.6) is 0 Å². The van der Waals surface area contributed by atoms with Crippen molar-refractivity contribution >= 4 is 11.0 Å². The van der Waals surface area contributed by atoms with Crippen LogP contribution in [-0.4, -0.2) is 38.7 Å². The van der Waals surface area contributed by atoms with Gasteiger partial charge in [-0.2, -0.15) is 0 Å². The maximum Gasteiger partial charge on any atom is 0.121 e. The first-order valence-corrected chi connectivity index (χ1v) is 7.01. The Balaban J connectivity index is 1.70. The quantitative estimate of drug-likeness (QED) is 0.870. The maximum absolute atomic E-state index is 10.1. The topological polar surface area (TPSA) is 52.1 Å². The molecule has 0 radical (unpaired) electrons. The third-order valence-corrected chi connectivity index (χ3v) is 3.97. The molecule has 3 rings (SSSR count). The monoisotopic (exact) mass is 259 g/mol. The predicted molar refractivity (Wildman–Crippen MR) is 75.8 cm³/mol. The van der Waals surface area contributed by atoms with Gasteiger partial charge in [-0.05, 0) is 44.9 Å². The van der Waals surface area contributed by atoms with Gasteiger partial charge in [-0.25, -0.2) is 4.98 Å². The molecule has 1 aliphatic rings. The molecule has 2 aromatic rings. The van der Waals surface area contributed by atoms with E-state index in [0.29, 0.717) is 0 Å². The van der Waals surface area contributed by atoms with E-state index >= 15 is 0 Å². The van der Waals surface area contributed by atoms with Crippen molar-refractivity contribution in [1.82, 2.24) is 14.9 Å². The van der Waals surface area contributed by atoms with Crippen molar-refractivity contribution in [2.75, 3.05) is 13.1 Å². The lowest BCUT2D eigenvalue weighted by Gasteiger charge is -2.21. The minimum Gasteiger partial charge on any atom is -0.390 e. The normalized spacial score (nSPS) is 25.6. The maximum atomic E-state index is 10.1. The van der Waals surface area contributed by atoms with Crippen molar-refractivity contribution in [1.29, 1.82) is 0 Å². The minimum absolute atomic E-state index is 0.497. The number of hydrogen-bond donors (Lipinski definition) is 2. The number of para-hydroxylation sites is 2. The number of imidazole rings is 1. The van der Waals surface area contributed by atoms with Gasteiger partial charge in [0.25, 0.3) is 0 Å². The summed E-state index contributed by atoms with van der Waals surface area (Å²) in [4.78, 5) is 10.4. The van der Waals surface area contributed by atoms with E-state index in [9.17, 15) is 5.11 Å². The van der Waals surface area contributed by atoms with Gasteiger partial charge in [-0.3, -0.25) is 4.90 Å². The second kappa shape index (κ2) is 4.94. The lowest BCUT2D eigenvalue weighted by molar-refractivity contribution is 0.0443. The van der Waals surface area contributed by atoms with Crippen LogP contribution in [0.1, 0.15) is 32.0 Å². The number of H-pyrrole nitrogens is 1. The van der Waals surface area contributed by atoms with E-state index in [1.54, 1.807) is 0 Å². The highest BCUT2D eigenvalue weighted by Crippen LogP contribution is 2.22. The number of aromatic amines is 1. The highest BCUT2D eigenvalue weighted by Gasteiger charge is 2.25. The number of hydrogen-bond acceptors (Lipinski definition) is 3. The first-order chi connectivity index (χ1) is 9.12. The van der Waals surface area contributed by atoms with Crippen LogP contribution in [0.3, 0.4) is 0 Å². The summed E-state index contributed by atoms with van der Waals surface area (Å²) < 4.78 is 0. The van der Waals surface area contributed by atoms with Crippen molar-refractivity contribution in [3.63, 3.8) is 0 Å². The van der Waals surface area contributed by atoms with Gasteiger partial charge >= 0.3 is 0 Å². The highest BCUT2D eigenvalue weighted by molar-refractivity contribution is 5.74. The Kier molecular flexibility index (Phi) is 3.29. The zero-order valence-corrected chi connectivity index (χ0v) is 11.4. The zero-order chi connectivity index (χ0) is 13.3. The smallest absolute Gasteiger partial charge is 0.121 e. The summed E-state index contributed by atoms with van der Waals surface area (Å²) in [5.74, 6) is 1.02. The highest BCUT2D eigenvalue weighted by atomic mass is 16.3. The molecule has 1 aromatic heterocycles. The summed E-state index contributed by atoms with van der Waals surface area (Å²) in [6.45, 7) is 4.75. The summed E-state index contributed by atoms with van der Waals surface area (Å²) >= 11 is 0. The molecule has 19 heavy (non-hydrogen) atoms. The van der Waals surface area contributed by atoms with E-state index in [1.165, 1.54) is 0 Å². The molecule has 1 saturated heterocycles. The number of fused-ring (bicyclic) bond motifs is 1. The Morgan fingerprint density at radius 3 is 3.00 bits per heavy atom. The van der Waals surface area contributed by atoms with Crippen molar-refractivity contribution in [3.05, 3.63) is 30.1 Å². The molecule has 102 valence electrons. The number of rotatable bonds is 2. The van der Waals surface area contributed by atoms with Crippen LogP contribution in [0.2, 0.25) is 0 Å². The fourth-order valence-corrected chi connectivity index (χ4v) is 2.77. The molecule has 0 bridgehead atoms. The molecule has 0 amide bonds. The van der Waals surface area contributed by atoms with Gasteiger partial charge in [0.15, 0.2) is 0 Å². The molecule has 4 heteroatoms. The van der Waals surface area contributed by atoms with Gasteiger partial charge in [0.1, 0.15) is 5.82 Å². The summed E-state index contributed by atoms with van der Waals surface area (Å²) in [6.07, 6.45) is 2.78. The molecule has 0 spiro atoms. The van der Waals surface area contributed by atoms with Crippen LogP contribution >= 0.6 is 0 Å². The molecular weight excluding hydrogens is 238 g/mol. The van der Waals surface area contributed by atoms with Crippen LogP contribution in [0.15, 0.2) is 24.3 Å². The Morgan fingerprint density at radius 1 is 1.32 bits per heavy atom. The molecule has 1 aromatic carbocycles. The van der Waals surface area contributed by atoms with Crippen LogP contribution < -0.4 is 0 Å². The minimum atomic E-state index is -0.497. The fraction of sp³-hybridized carbons (Fsp3) is 0.533. The predicted octanol–water partition coefficient (Wildman–Crippen LogP) is 2.30. The molecule has 0 saturated carbocycles. The van der Waals surface area contributed by atoms with E-state index in [-0.39, 0.29) is 0 Å². The van der Waals surface area contributed by atoms with Crippen LogP contribution in [-0.2, 0) is 6.54 Å². The standard InChI is InChI=1S/C15H21N3O/c1-15(19)7-4-9-18(10-8-15)11-14-16-12-5-2-3-6-13(12)17-14/h2-3,5-6,19H,4,7-11H2,1H3,(H,16,17). The van der Waals surface area contributed by atoms with Gasteiger partial charge < -0.3 is 10.1 Å².